The second-order valence-electron chi connectivity index (χ2n) is 4.03. The van der Waals surface area contributed by atoms with E-state index in [4.69, 9.17) is 0 Å². The average molecular weight is 377 g/mol. The van der Waals surface area contributed by atoms with Gasteiger partial charge in [0.1, 0.15) is 5.82 Å². The van der Waals surface area contributed by atoms with E-state index in [1.54, 1.807) is 7.05 Å². The van der Waals surface area contributed by atoms with E-state index in [1.165, 1.54) is 0 Å². The van der Waals surface area contributed by atoms with Gasteiger partial charge in [-0.2, -0.15) is 0 Å². The molecule has 1 unspecified atom stereocenters. The van der Waals surface area contributed by atoms with Gasteiger partial charge in [-0.15, -0.1) is 0 Å². The molecular weight excluding hydrogens is 366 g/mol. The third-order valence-corrected chi connectivity index (χ3v) is 3.84. The van der Waals surface area contributed by atoms with Gasteiger partial charge >= 0.3 is 0 Å². The Balaban J connectivity index is 2.55. The molecule has 0 aliphatic carbocycles. The lowest BCUT2D eigenvalue weighted by Crippen LogP contribution is -2.20. The Morgan fingerprint density at radius 2 is 1.58 bits per heavy atom. The highest BCUT2D eigenvalue weighted by Gasteiger charge is 2.20. The minimum absolute atomic E-state index is 0.0884. The van der Waals surface area contributed by atoms with E-state index in [-0.39, 0.29) is 5.56 Å². The molecule has 5 heteroatoms. The maximum absolute atomic E-state index is 13.8. The lowest BCUT2D eigenvalue weighted by molar-refractivity contribution is 0.483. The molecule has 0 bridgehead atoms. The standard InChI is InChI=1S/C14H11F3IN/c1-19-14(8-4-2-3-5-13(8)18)9-6-11(16)12(17)7-10(9)15/h2-7,14,19H,1H3. The van der Waals surface area contributed by atoms with E-state index in [0.29, 0.717) is 6.07 Å². The van der Waals surface area contributed by atoms with Crippen LogP contribution in [0.25, 0.3) is 0 Å². The second-order valence-corrected chi connectivity index (χ2v) is 5.19. The minimum atomic E-state index is -1.18. The van der Waals surface area contributed by atoms with Gasteiger partial charge in [0.25, 0.3) is 0 Å². The Hall–Kier alpha value is -1.08. The van der Waals surface area contributed by atoms with Gasteiger partial charge in [-0.05, 0) is 47.3 Å². The third-order valence-electron chi connectivity index (χ3n) is 2.86. The van der Waals surface area contributed by atoms with E-state index in [9.17, 15) is 13.2 Å². The van der Waals surface area contributed by atoms with Crippen LogP contribution in [-0.4, -0.2) is 7.05 Å². The molecule has 0 heterocycles. The Bertz CT molecular complexity index is 601. The fourth-order valence-electron chi connectivity index (χ4n) is 1.95. The molecule has 2 aromatic rings. The van der Waals surface area contributed by atoms with Gasteiger partial charge in [-0.25, -0.2) is 13.2 Å². The van der Waals surface area contributed by atoms with Crippen LogP contribution in [0.1, 0.15) is 17.2 Å². The van der Waals surface area contributed by atoms with Crippen LogP contribution in [0.3, 0.4) is 0 Å². The number of benzene rings is 2. The lowest BCUT2D eigenvalue weighted by atomic mass is 9.98. The van der Waals surface area contributed by atoms with Crippen molar-refractivity contribution in [1.82, 2.24) is 5.32 Å². The van der Waals surface area contributed by atoms with Crippen molar-refractivity contribution in [1.29, 1.82) is 0 Å². The van der Waals surface area contributed by atoms with Crippen molar-refractivity contribution in [2.45, 2.75) is 6.04 Å². The van der Waals surface area contributed by atoms with Crippen LogP contribution in [0.2, 0.25) is 0 Å². The van der Waals surface area contributed by atoms with Crippen LogP contribution in [0.4, 0.5) is 13.2 Å². The molecule has 0 saturated carbocycles. The van der Waals surface area contributed by atoms with Crippen LogP contribution in [0, 0.1) is 21.0 Å². The summed E-state index contributed by atoms with van der Waals surface area (Å²) in [6, 6.07) is 8.32. The minimum Gasteiger partial charge on any atom is -0.309 e. The normalized spacial score (nSPS) is 12.5. The molecule has 19 heavy (non-hydrogen) atoms. The molecule has 1 atom stereocenters. The SMILES string of the molecule is CNC(c1cc(F)c(F)cc1F)c1ccccc1I. The quantitative estimate of drug-likeness (QED) is 0.630. The summed E-state index contributed by atoms with van der Waals surface area (Å²) >= 11 is 2.12. The lowest BCUT2D eigenvalue weighted by Gasteiger charge is -2.19. The summed E-state index contributed by atoms with van der Waals surface area (Å²) in [7, 11) is 1.65. The van der Waals surface area contributed by atoms with Crippen LogP contribution < -0.4 is 5.32 Å². The second kappa shape index (κ2) is 5.92. The van der Waals surface area contributed by atoms with Gasteiger partial charge in [-0.3, -0.25) is 0 Å². The van der Waals surface area contributed by atoms with Crippen molar-refractivity contribution >= 4 is 22.6 Å². The van der Waals surface area contributed by atoms with E-state index >= 15 is 0 Å². The van der Waals surface area contributed by atoms with Gasteiger partial charge in [0.2, 0.25) is 0 Å². The summed E-state index contributed by atoms with van der Waals surface area (Å²) in [6.07, 6.45) is 0. The van der Waals surface area contributed by atoms with Gasteiger partial charge < -0.3 is 5.32 Å². The van der Waals surface area contributed by atoms with Gasteiger partial charge in [0.15, 0.2) is 11.6 Å². The molecule has 1 nitrogen and oxygen atoms in total. The van der Waals surface area contributed by atoms with Gasteiger partial charge in [0, 0.05) is 15.2 Å². The molecular formula is C14H11F3IN. The maximum atomic E-state index is 13.8. The van der Waals surface area contributed by atoms with Crippen molar-refractivity contribution in [3.05, 3.63) is 68.5 Å². The van der Waals surface area contributed by atoms with E-state index in [2.05, 4.69) is 27.9 Å². The summed E-state index contributed by atoms with van der Waals surface area (Å²) in [4.78, 5) is 0. The first-order valence-electron chi connectivity index (χ1n) is 5.60. The zero-order valence-electron chi connectivity index (χ0n) is 10.1. The molecule has 0 aromatic heterocycles. The first kappa shape index (κ1) is 14.3. The van der Waals surface area contributed by atoms with Crippen LogP contribution in [0.15, 0.2) is 36.4 Å². The van der Waals surface area contributed by atoms with Crippen LogP contribution in [0.5, 0.6) is 0 Å². The first-order valence-corrected chi connectivity index (χ1v) is 6.68. The Kier molecular flexibility index (Phi) is 4.46. The van der Waals surface area contributed by atoms with Gasteiger partial charge in [-0.1, -0.05) is 18.2 Å². The topological polar surface area (TPSA) is 12.0 Å². The summed E-state index contributed by atoms with van der Waals surface area (Å²) in [5.41, 5.74) is 0.904. The number of rotatable bonds is 3. The van der Waals surface area contributed by atoms with Crippen molar-refractivity contribution in [2.75, 3.05) is 7.05 Å². The highest BCUT2D eigenvalue weighted by Crippen LogP contribution is 2.28. The van der Waals surface area contributed by atoms with Crippen LogP contribution in [-0.2, 0) is 0 Å². The molecule has 0 aliphatic heterocycles. The molecule has 1 N–H and O–H groups in total. The van der Waals surface area contributed by atoms with Crippen LogP contribution >= 0.6 is 22.6 Å². The van der Waals surface area contributed by atoms with Gasteiger partial charge in [0.05, 0.1) is 6.04 Å². The number of halogens is 4. The van der Waals surface area contributed by atoms with E-state index in [0.717, 1.165) is 15.2 Å². The van der Waals surface area contributed by atoms with Crippen molar-refractivity contribution in [3.63, 3.8) is 0 Å². The maximum Gasteiger partial charge on any atom is 0.161 e. The Morgan fingerprint density at radius 1 is 0.947 bits per heavy atom. The number of hydrogen-bond acceptors (Lipinski definition) is 1. The summed E-state index contributed by atoms with van der Waals surface area (Å²) in [6.45, 7) is 0. The van der Waals surface area contributed by atoms with E-state index < -0.39 is 23.5 Å². The molecule has 0 fully saturated rings. The molecule has 0 radical (unpaired) electrons. The predicted octanol–water partition coefficient (Wildman–Crippen LogP) is 4.02. The molecule has 0 amide bonds. The number of nitrogens with one attached hydrogen (secondary N) is 1. The fraction of sp³-hybridized carbons (Fsp3) is 0.143. The Labute approximate surface area is 123 Å². The zero-order valence-corrected chi connectivity index (χ0v) is 12.2. The number of hydrogen-bond donors (Lipinski definition) is 1. The molecule has 0 saturated heterocycles. The first-order chi connectivity index (χ1) is 9.04. The summed E-state index contributed by atoms with van der Waals surface area (Å²) in [5, 5.41) is 2.93. The molecule has 0 spiro atoms. The van der Waals surface area contributed by atoms with Crippen molar-refractivity contribution in [3.8, 4) is 0 Å². The largest absolute Gasteiger partial charge is 0.309 e. The highest BCUT2D eigenvalue weighted by molar-refractivity contribution is 14.1. The zero-order chi connectivity index (χ0) is 14.0. The molecule has 0 aliphatic rings. The fourth-order valence-corrected chi connectivity index (χ4v) is 2.65. The predicted molar refractivity (Wildman–Crippen MR) is 76.4 cm³/mol. The monoisotopic (exact) mass is 377 g/mol. The summed E-state index contributed by atoms with van der Waals surface area (Å²) in [5.74, 6) is -3.00. The average Bonchev–Trinajstić information content (AvgIpc) is 2.38. The smallest absolute Gasteiger partial charge is 0.161 e. The van der Waals surface area contributed by atoms with Crippen molar-refractivity contribution in [2.24, 2.45) is 0 Å². The molecule has 100 valence electrons. The van der Waals surface area contributed by atoms with Crippen molar-refractivity contribution < 1.29 is 13.2 Å². The highest BCUT2D eigenvalue weighted by atomic mass is 127. The third kappa shape index (κ3) is 2.92. The summed E-state index contributed by atoms with van der Waals surface area (Å²) < 4.78 is 41.0. The molecule has 2 aromatic carbocycles. The molecule has 2 rings (SSSR count). The Morgan fingerprint density at radius 3 is 2.21 bits per heavy atom. The van der Waals surface area contributed by atoms with E-state index in [1.807, 2.05) is 24.3 Å².